The van der Waals surface area contributed by atoms with Crippen molar-refractivity contribution in [2.24, 2.45) is 0 Å². The monoisotopic (exact) mass is 214 g/mol. The summed E-state index contributed by atoms with van der Waals surface area (Å²) in [5.74, 6) is 0.381. The Morgan fingerprint density at radius 3 is 3.15 bits per heavy atom. The van der Waals surface area contributed by atoms with E-state index in [1.165, 1.54) is 18.0 Å². The van der Waals surface area contributed by atoms with Crippen molar-refractivity contribution in [3.8, 4) is 0 Å². The molecule has 1 unspecified atom stereocenters. The molecule has 3 nitrogen and oxygen atoms in total. The van der Waals surface area contributed by atoms with Crippen LogP contribution in [-0.4, -0.2) is 20.4 Å². The third-order valence-electron chi connectivity index (χ3n) is 2.08. The summed E-state index contributed by atoms with van der Waals surface area (Å²) in [6.45, 7) is 0. The van der Waals surface area contributed by atoms with Crippen LogP contribution in [0.5, 0.6) is 0 Å². The number of hydrogen-bond donors (Lipinski definition) is 0. The van der Waals surface area contributed by atoms with Crippen LogP contribution >= 0.6 is 23.3 Å². The molecule has 1 aliphatic rings. The zero-order chi connectivity index (χ0) is 9.10. The molecule has 1 saturated carbocycles. The summed E-state index contributed by atoms with van der Waals surface area (Å²) < 4.78 is 4.83. The highest BCUT2D eigenvalue weighted by Crippen LogP contribution is 2.31. The van der Waals surface area contributed by atoms with Crippen molar-refractivity contribution in [3.05, 3.63) is 6.33 Å². The molecule has 0 bridgehead atoms. The minimum atomic E-state index is 0.140. The number of ketones is 1. The number of nitrogens with zero attached hydrogens (tertiary/aromatic N) is 2. The van der Waals surface area contributed by atoms with Gasteiger partial charge in [-0.05, 0) is 24.4 Å². The molecule has 70 valence electrons. The van der Waals surface area contributed by atoms with Gasteiger partial charge in [-0.1, -0.05) is 18.2 Å². The van der Waals surface area contributed by atoms with Crippen LogP contribution in [0.4, 0.5) is 0 Å². The van der Waals surface area contributed by atoms with E-state index in [4.69, 9.17) is 0 Å². The first-order chi connectivity index (χ1) is 6.36. The lowest BCUT2D eigenvalue weighted by atomic mass is 9.99. The van der Waals surface area contributed by atoms with Gasteiger partial charge in [-0.3, -0.25) is 4.79 Å². The Hall–Kier alpha value is -0.420. The third-order valence-corrected chi connectivity index (χ3v) is 4.15. The van der Waals surface area contributed by atoms with E-state index < -0.39 is 0 Å². The van der Waals surface area contributed by atoms with Crippen LogP contribution in [0.1, 0.15) is 25.7 Å². The van der Waals surface area contributed by atoms with Gasteiger partial charge in [0, 0.05) is 6.42 Å². The molecule has 13 heavy (non-hydrogen) atoms. The fourth-order valence-corrected chi connectivity index (χ4v) is 3.23. The minimum absolute atomic E-state index is 0.140. The quantitative estimate of drug-likeness (QED) is 0.756. The molecule has 0 radical (unpaired) electrons. The number of hydrogen-bond acceptors (Lipinski definition) is 5. The third kappa shape index (κ3) is 2.28. The van der Waals surface area contributed by atoms with Gasteiger partial charge in [-0.25, -0.2) is 4.98 Å². The van der Waals surface area contributed by atoms with Crippen LogP contribution < -0.4 is 0 Å². The molecule has 1 aromatic rings. The van der Waals surface area contributed by atoms with Gasteiger partial charge in [0.05, 0.1) is 5.25 Å². The normalized spacial score (nSPS) is 23.4. The molecule has 1 aliphatic carbocycles. The molecule has 1 atom stereocenters. The van der Waals surface area contributed by atoms with Gasteiger partial charge in [0.2, 0.25) is 0 Å². The van der Waals surface area contributed by atoms with Crippen LogP contribution in [-0.2, 0) is 4.79 Å². The fraction of sp³-hybridized carbons (Fsp3) is 0.625. The fourth-order valence-electron chi connectivity index (χ4n) is 1.41. The molecule has 0 aliphatic heterocycles. The Morgan fingerprint density at radius 1 is 1.54 bits per heavy atom. The number of aromatic nitrogens is 2. The van der Waals surface area contributed by atoms with Gasteiger partial charge in [0.1, 0.15) is 12.1 Å². The van der Waals surface area contributed by atoms with Crippen LogP contribution in [0.25, 0.3) is 0 Å². The van der Waals surface area contributed by atoms with Crippen molar-refractivity contribution in [3.63, 3.8) is 0 Å². The summed E-state index contributed by atoms with van der Waals surface area (Å²) in [4.78, 5) is 15.5. The lowest BCUT2D eigenvalue weighted by Gasteiger charge is -2.17. The summed E-state index contributed by atoms with van der Waals surface area (Å²) in [6.07, 6.45) is 5.52. The molecule has 1 heterocycles. The number of thioether (sulfide) groups is 1. The van der Waals surface area contributed by atoms with Crippen molar-refractivity contribution in [2.45, 2.75) is 35.3 Å². The van der Waals surface area contributed by atoms with Crippen molar-refractivity contribution >= 4 is 29.1 Å². The molecule has 1 fully saturated rings. The Bertz CT molecular complexity index is 286. The van der Waals surface area contributed by atoms with E-state index in [9.17, 15) is 4.79 Å². The zero-order valence-corrected chi connectivity index (χ0v) is 8.74. The van der Waals surface area contributed by atoms with Gasteiger partial charge in [0.15, 0.2) is 4.34 Å². The molecule has 0 spiro atoms. The average molecular weight is 214 g/mol. The van der Waals surface area contributed by atoms with Gasteiger partial charge in [-0.2, -0.15) is 4.37 Å². The Kier molecular flexibility index (Phi) is 2.95. The van der Waals surface area contributed by atoms with Crippen LogP contribution in [0.15, 0.2) is 10.7 Å². The summed E-state index contributed by atoms with van der Waals surface area (Å²) >= 11 is 2.94. The van der Waals surface area contributed by atoms with E-state index in [0.29, 0.717) is 5.78 Å². The number of carbonyl (C=O) groups is 1. The Balaban J connectivity index is 1.97. The van der Waals surface area contributed by atoms with Crippen molar-refractivity contribution in [1.29, 1.82) is 0 Å². The highest BCUT2D eigenvalue weighted by Gasteiger charge is 2.23. The smallest absolute Gasteiger partial charge is 0.170 e. The second kappa shape index (κ2) is 4.19. The molecular formula is C8H10N2OS2. The van der Waals surface area contributed by atoms with Gasteiger partial charge < -0.3 is 0 Å². The van der Waals surface area contributed by atoms with E-state index in [0.717, 1.165) is 23.6 Å². The van der Waals surface area contributed by atoms with E-state index >= 15 is 0 Å². The summed E-state index contributed by atoms with van der Waals surface area (Å²) in [5.41, 5.74) is 0. The lowest BCUT2D eigenvalue weighted by Crippen LogP contribution is -2.20. The van der Waals surface area contributed by atoms with Gasteiger partial charge in [-0.15, -0.1) is 0 Å². The predicted octanol–water partition coefficient (Wildman–Crippen LogP) is 2.14. The van der Waals surface area contributed by atoms with Crippen LogP contribution in [0.3, 0.4) is 0 Å². The molecular weight excluding hydrogens is 204 g/mol. The van der Waals surface area contributed by atoms with Crippen LogP contribution in [0, 0.1) is 0 Å². The number of carbonyl (C=O) groups excluding carboxylic acids is 1. The van der Waals surface area contributed by atoms with Crippen LogP contribution in [0.2, 0.25) is 0 Å². The maximum absolute atomic E-state index is 11.5. The second-order valence-electron chi connectivity index (χ2n) is 3.03. The summed E-state index contributed by atoms with van der Waals surface area (Å²) in [5, 5.41) is 0.140. The first-order valence-electron chi connectivity index (χ1n) is 4.32. The standard InChI is InChI=1S/C8H10N2OS2/c11-6-3-1-2-4-7(6)12-8-9-5-10-13-8/h5,7H,1-4H2. The number of rotatable bonds is 2. The average Bonchev–Trinajstić information content (AvgIpc) is 2.61. The SMILES string of the molecule is O=C1CCCCC1Sc1ncns1. The molecule has 5 heteroatoms. The Morgan fingerprint density at radius 2 is 2.46 bits per heavy atom. The Labute approximate surface area is 85.1 Å². The molecule has 0 aromatic carbocycles. The van der Waals surface area contributed by atoms with Crippen molar-refractivity contribution in [1.82, 2.24) is 9.36 Å². The molecule has 0 amide bonds. The van der Waals surface area contributed by atoms with E-state index in [-0.39, 0.29) is 5.25 Å². The maximum Gasteiger partial charge on any atom is 0.170 e. The molecule has 0 N–H and O–H groups in total. The minimum Gasteiger partial charge on any atom is -0.298 e. The topological polar surface area (TPSA) is 42.9 Å². The summed E-state index contributed by atoms with van der Waals surface area (Å²) in [6, 6.07) is 0. The second-order valence-corrected chi connectivity index (χ2v) is 5.26. The lowest BCUT2D eigenvalue weighted by molar-refractivity contribution is -0.119. The summed E-state index contributed by atoms with van der Waals surface area (Å²) in [7, 11) is 0. The van der Waals surface area contributed by atoms with E-state index in [1.807, 2.05) is 0 Å². The molecule has 2 rings (SSSR count). The largest absolute Gasteiger partial charge is 0.298 e. The highest BCUT2D eigenvalue weighted by atomic mass is 32.2. The van der Waals surface area contributed by atoms with E-state index in [2.05, 4.69) is 9.36 Å². The number of Topliss-reactive ketones (excluding diaryl/α,β-unsaturated/α-hetero) is 1. The van der Waals surface area contributed by atoms with Crippen molar-refractivity contribution < 1.29 is 4.79 Å². The zero-order valence-electron chi connectivity index (χ0n) is 7.10. The predicted molar refractivity (Wildman–Crippen MR) is 53.0 cm³/mol. The maximum atomic E-state index is 11.5. The van der Waals surface area contributed by atoms with E-state index in [1.54, 1.807) is 18.1 Å². The molecule has 0 saturated heterocycles. The first kappa shape index (κ1) is 9.15. The van der Waals surface area contributed by atoms with Gasteiger partial charge >= 0.3 is 0 Å². The van der Waals surface area contributed by atoms with Gasteiger partial charge in [0.25, 0.3) is 0 Å². The molecule has 1 aromatic heterocycles. The first-order valence-corrected chi connectivity index (χ1v) is 5.97. The highest BCUT2D eigenvalue weighted by molar-refractivity contribution is 8.02. The van der Waals surface area contributed by atoms with Crippen molar-refractivity contribution in [2.75, 3.05) is 0 Å².